The van der Waals surface area contributed by atoms with Crippen LogP contribution < -0.4 is 5.32 Å². The second kappa shape index (κ2) is 6.31. The van der Waals surface area contributed by atoms with E-state index in [1.54, 1.807) is 6.07 Å². The van der Waals surface area contributed by atoms with Crippen LogP contribution >= 0.6 is 11.8 Å². The normalized spacial score (nSPS) is 12.1. The zero-order chi connectivity index (χ0) is 12.9. The van der Waals surface area contributed by atoms with Crippen molar-refractivity contribution in [1.29, 1.82) is 0 Å². The Kier molecular flexibility index (Phi) is 5.33. The van der Waals surface area contributed by atoms with Gasteiger partial charge in [0, 0.05) is 23.2 Å². The monoisotopic (exact) mass is 263 g/mol. The zero-order valence-electron chi connectivity index (χ0n) is 9.84. The molecular formula is C12H16F3NS. The van der Waals surface area contributed by atoms with Crippen LogP contribution in [0.25, 0.3) is 0 Å². The number of thioether (sulfide) groups is 1. The topological polar surface area (TPSA) is 12.0 Å². The van der Waals surface area contributed by atoms with Gasteiger partial charge in [-0.05, 0) is 18.2 Å². The highest BCUT2D eigenvalue weighted by Gasteiger charge is 2.30. The van der Waals surface area contributed by atoms with Crippen LogP contribution in [0.2, 0.25) is 0 Å². The highest BCUT2D eigenvalue weighted by Crippen LogP contribution is 2.31. The Balaban J connectivity index is 2.49. The van der Waals surface area contributed by atoms with Crippen LogP contribution in [0.15, 0.2) is 29.2 Å². The number of hydrogen-bond acceptors (Lipinski definition) is 2. The summed E-state index contributed by atoms with van der Waals surface area (Å²) in [6, 6.07) is 5.84. The molecule has 1 N–H and O–H groups in total. The van der Waals surface area contributed by atoms with E-state index in [0.717, 1.165) is 18.4 Å². The van der Waals surface area contributed by atoms with Gasteiger partial charge in [0.1, 0.15) is 0 Å². The smallest absolute Gasteiger partial charge is 0.314 e. The molecule has 0 aliphatic heterocycles. The molecule has 0 heterocycles. The van der Waals surface area contributed by atoms with Crippen molar-refractivity contribution in [3.8, 4) is 0 Å². The summed E-state index contributed by atoms with van der Waals surface area (Å²) < 4.78 is 37.3. The SMILES string of the molecule is CC(C)NCCSc1cccc(C(F)(F)F)c1. The third kappa shape index (κ3) is 5.46. The van der Waals surface area contributed by atoms with Gasteiger partial charge in [-0.1, -0.05) is 19.9 Å². The molecule has 1 aromatic rings. The molecule has 1 nitrogen and oxygen atoms in total. The molecule has 0 atom stereocenters. The fourth-order valence-corrected chi connectivity index (χ4v) is 2.12. The first-order chi connectivity index (χ1) is 7.89. The lowest BCUT2D eigenvalue weighted by Crippen LogP contribution is -2.24. The van der Waals surface area contributed by atoms with Crippen molar-refractivity contribution in [3.63, 3.8) is 0 Å². The Morgan fingerprint density at radius 2 is 2.00 bits per heavy atom. The van der Waals surface area contributed by atoms with Gasteiger partial charge in [-0.25, -0.2) is 0 Å². The molecule has 0 saturated carbocycles. The van der Waals surface area contributed by atoms with E-state index in [-0.39, 0.29) is 0 Å². The van der Waals surface area contributed by atoms with Gasteiger partial charge in [-0.15, -0.1) is 11.8 Å². The first kappa shape index (κ1) is 14.4. The largest absolute Gasteiger partial charge is 0.416 e. The average Bonchev–Trinajstić information content (AvgIpc) is 2.23. The Labute approximate surface area is 104 Å². The summed E-state index contributed by atoms with van der Waals surface area (Å²) in [5, 5.41) is 3.22. The Morgan fingerprint density at radius 1 is 1.29 bits per heavy atom. The van der Waals surface area contributed by atoms with Crippen molar-refractivity contribution in [3.05, 3.63) is 29.8 Å². The Morgan fingerprint density at radius 3 is 2.59 bits per heavy atom. The van der Waals surface area contributed by atoms with Crippen molar-refractivity contribution in [1.82, 2.24) is 5.32 Å². The number of rotatable bonds is 5. The molecule has 96 valence electrons. The second-order valence-electron chi connectivity index (χ2n) is 3.98. The molecule has 0 bridgehead atoms. The molecule has 0 fully saturated rings. The van der Waals surface area contributed by atoms with E-state index in [1.807, 2.05) is 13.8 Å². The molecule has 1 rings (SSSR count). The maximum Gasteiger partial charge on any atom is 0.416 e. The molecule has 0 amide bonds. The molecule has 0 saturated heterocycles. The molecule has 1 aromatic carbocycles. The maximum absolute atomic E-state index is 12.4. The number of benzene rings is 1. The molecule has 17 heavy (non-hydrogen) atoms. The fraction of sp³-hybridized carbons (Fsp3) is 0.500. The molecule has 0 spiro atoms. The minimum absolute atomic E-state index is 0.400. The predicted molar refractivity (Wildman–Crippen MR) is 65.3 cm³/mol. The standard InChI is InChI=1S/C12H16F3NS/c1-9(2)16-6-7-17-11-5-3-4-10(8-11)12(13,14)15/h3-5,8-9,16H,6-7H2,1-2H3. The molecule has 0 aliphatic rings. The quantitative estimate of drug-likeness (QED) is 0.640. The van der Waals surface area contributed by atoms with Crippen LogP contribution in [-0.4, -0.2) is 18.3 Å². The molecule has 0 unspecified atom stereocenters. The summed E-state index contributed by atoms with van der Waals surface area (Å²) >= 11 is 1.43. The summed E-state index contributed by atoms with van der Waals surface area (Å²) in [6.45, 7) is 4.86. The van der Waals surface area contributed by atoms with Crippen LogP contribution in [0.3, 0.4) is 0 Å². The van der Waals surface area contributed by atoms with E-state index in [4.69, 9.17) is 0 Å². The van der Waals surface area contributed by atoms with Crippen molar-refractivity contribution in [2.75, 3.05) is 12.3 Å². The van der Waals surface area contributed by atoms with Crippen molar-refractivity contribution < 1.29 is 13.2 Å². The summed E-state index contributed by atoms with van der Waals surface area (Å²) in [5.41, 5.74) is -0.584. The predicted octanol–water partition coefficient (Wildman–Crippen LogP) is 3.80. The third-order valence-electron chi connectivity index (χ3n) is 2.08. The van der Waals surface area contributed by atoms with Gasteiger partial charge in [0.05, 0.1) is 5.56 Å². The van der Waals surface area contributed by atoms with Gasteiger partial charge < -0.3 is 5.32 Å². The number of halogens is 3. The van der Waals surface area contributed by atoms with Gasteiger partial charge in [-0.3, -0.25) is 0 Å². The Bertz CT molecular complexity index is 350. The second-order valence-corrected chi connectivity index (χ2v) is 5.15. The first-order valence-electron chi connectivity index (χ1n) is 5.43. The first-order valence-corrected chi connectivity index (χ1v) is 6.41. The minimum atomic E-state index is -4.26. The zero-order valence-corrected chi connectivity index (χ0v) is 10.7. The summed E-state index contributed by atoms with van der Waals surface area (Å²) in [4.78, 5) is 0.658. The average molecular weight is 263 g/mol. The highest BCUT2D eigenvalue weighted by atomic mass is 32.2. The van der Waals surface area contributed by atoms with Crippen molar-refractivity contribution >= 4 is 11.8 Å². The van der Waals surface area contributed by atoms with Crippen molar-refractivity contribution in [2.45, 2.75) is 31.0 Å². The van der Waals surface area contributed by atoms with E-state index in [0.29, 0.717) is 10.9 Å². The summed E-state index contributed by atoms with van der Waals surface area (Å²) in [7, 11) is 0. The van der Waals surface area contributed by atoms with Crippen LogP contribution in [0.4, 0.5) is 13.2 Å². The van der Waals surface area contributed by atoms with Crippen LogP contribution in [-0.2, 0) is 6.18 Å². The van der Waals surface area contributed by atoms with E-state index in [2.05, 4.69) is 5.32 Å². The van der Waals surface area contributed by atoms with Crippen LogP contribution in [0.5, 0.6) is 0 Å². The van der Waals surface area contributed by atoms with E-state index in [9.17, 15) is 13.2 Å². The molecule has 5 heteroatoms. The van der Waals surface area contributed by atoms with Crippen LogP contribution in [0.1, 0.15) is 19.4 Å². The lowest BCUT2D eigenvalue weighted by molar-refractivity contribution is -0.137. The fourth-order valence-electron chi connectivity index (χ4n) is 1.28. The molecule has 0 aliphatic carbocycles. The minimum Gasteiger partial charge on any atom is -0.314 e. The van der Waals surface area contributed by atoms with Crippen molar-refractivity contribution in [2.24, 2.45) is 0 Å². The van der Waals surface area contributed by atoms with Gasteiger partial charge in [0.2, 0.25) is 0 Å². The van der Waals surface area contributed by atoms with Gasteiger partial charge in [0.25, 0.3) is 0 Å². The summed E-state index contributed by atoms with van der Waals surface area (Å²) in [5.74, 6) is 0.763. The Hall–Kier alpha value is -0.680. The van der Waals surface area contributed by atoms with Gasteiger partial charge in [-0.2, -0.15) is 13.2 Å². The van der Waals surface area contributed by atoms with E-state index in [1.165, 1.54) is 23.9 Å². The van der Waals surface area contributed by atoms with Crippen LogP contribution in [0, 0.1) is 0 Å². The number of nitrogens with one attached hydrogen (secondary N) is 1. The molecule has 0 aromatic heterocycles. The third-order valence-corrected chi connectivity index (χ3v) is 3.08. The van der Waals surface area contributed by atoms with Gasteiger partial charge >= 0.3 is 6.18 Å². The molecule has 0 radical (unpaired) electrons. The van der Waals surface area contributed by atoms with E-state index >= 15 is 0 Å². The summed E-state index contributed by atoms with van der Waals surface area (Å²) in [6.07, 6.45) is -4.26. The van der Waals surface area contributed by atoms with Gasteiger partial charge in [0.15, 0.2) is 0 Å². The lowest BCUT2D eigenvalue weighted by atomic mass is 10.2. The highest BCUT2D eigenvalue weighted by molar-refractivity contribution is 7.99. The molecular weight excluding hydrogens is 247 g/mol. The maximum atomic E-state index is 12.4. The lowest BCUT2D eigenvalue weighted by Gasteiger charge is -2.09. The number of hydrogen-bond donors (Lipinski definition) is 1. The van der Waals surface area contributed by atoms with E-state index < -0.39 is 11.7 Å². The number of alkyl halides is 3.